The van der Waals surface area contributed by atoms with Crippen LogP contribution in [0.2, 0.25) is 0 Å². The van der Waals surface area contributed by atoms with Gasteiger partial charge in [-0.1, -0.05) is 24.3 Å². The zero-order valence-corrected chi connectivity index (χ0v) is 12.1. The van der Waals surface area contributed by atoms with Gasteiger partial charge in [-0.25, -0.2) is 4.98 Å². The standard InChI is InChI=1S/C13H9NO2.Zn/c15-11-7-3-1-5-9(11)13-14-10-6-2-4-8-12(10)16-13;/h1-8,15H;. The molecule has 1 aromatic heterocycles. The van der Waals surface area contributed by atoms with Gasteiger partial charge in [0, 0.05) is 19.5 Å². The maximum atomic E-state index is 9.69. The Labute approximate surface area is 111 Å². The Hall–Kier alpha value is -1.67. The maximum Gasteiger partial charge on any atom is 0.231 e. The molecule has 0 aliphatic carbocycles. The molecule has 0 saturated carbocycles. The summed E-state index contributed by atoms with van der Waals surface area (Å²) in [7, 11) is 0. The van der Waals surface area contributed by atoms with Crippen LogP contribution in [0.5, 0.6) is 5.75 Å². The molecule has 0 unspecified atom stereocenters. The first-order valence-electron chi connectivity index (χ1n) is 4.98. The Morgan fingerprint density at radius 2 is 1.65 bits per heavy atom. The second-order valence-electron chi connectivity index (χ2n) is 3.50. The minimum Gasteiger partial charge on any atom is -0.507 e. The second-order valence-corrected chi connectivity index (χ2v) is 3.50. The summed E-state index contributed by atoms with van der Waals surface area (Å²) in [5.41, 5.74) is 2.13. The van der Waals surface area contributed by atoms with E-state index in [1.54, 1.807) is 18.2 Å². The number of aromatic hydroxyl groups is 1. The van der Waals surface area contributed by atoms with Crippen LogP contribution >= 0.6 is 0 Å². The number of phenolic OH excluding ortho intramolecular Hbond substituents is 1. The molecule has 80 valence electrons. The molecule has 0 saturated heterocycles. The van der Waals surface area contributed by atoms with Gasteiger partial charge in [-0.15, -0.1) is 0 Å². The summed E-state index contributed by atoms with van der Waals surface area (Å²) in [5.74, 6) is 0.619. The topological polar surface area (TPSA) is 46.3 Å². The van der Waals surface area contributed by atoms with Crippen LogP contribution in [0.1, 0.15) is 0 Å². The van der Waals surface area contributed by atoms with Crippen molar-refractivity contribution < 1.29 is 29.0 Å². The molecule has 3 nitrogen and oxygen atoms in total. The second kappa shape index (κ2) is 4.68. The monoisotopic (exact) mass is 275 g/mol. The van der Waals surface area contributed by atoms with E-state index in [1.807, 2.05) is 30.3 Å². The third kappa shape index (κ3) is 2.09. The molecule has 17 heavy (non-hydrogen) atoms. The predicted molar refractivity (Wildman–Crippen MR) is 61.1 cm³/mol. The zero-order chi connectivity index (χ0) is 11.0. The molecule has 0 spiro atoms. The van der Waals surface area contributed by atoms with Crippen LogP contribution in [0.25, 0.3) is 22.6 Å². The molecule has 3 rings (SSSR count). The Bertz CT molecular complexity index is 615. The average molecular weight is 277 g/mol. The van der Waals surface area contributed by atoms with E-state index >= 15 is 0 Å². The molecule has 0 amide bonds. The number of fused-ring (bicyclic) bond motifs is 1. The van der Waals surface area contributed by atoms with Gasteiger partial charge in [0.1, 0.15) is 11.3 Å². The number of phenols is 1. The first kappa shape index (κ1) is 11.8. The molecule has 4 heteroatoms. The number of benzene rings is 2. The average Bonchev–Trinajstić information content (AvgIpc) is 2.73. The van der Waals surface area contributed by atoms with E-state index in [-0.39, 0.29) is 25.2 Å². The summed E-state index contributed by atoms with van der Waals surface area (Å²) in [5, 5.41) is 9.69. The number of para-hydroxylation sites is 3. The molecule has 1 heterocycles. The summed E-state index contributed by atoms with van der Waals surface area (Å²) in [6.07, 6.45) is 0. The van der Waals surface area contributed by atoms with Crippen molar-refractivity contribution in [2.45, 2.75) is 0 Å². The van der Waals surface area contributed by atoms with E-state index in [4.69, 9.17) is 4.42 Å². The van der Waals surface area contributed by atoms with Crippen molar-refractivity contribution in [2.75, 3.05) is 0 Å². The van der Waals surface area contributed by atoms with Gasteiger partial charge in [-0.2, -0.15) is 0 Å². The number of hydrogen-bond donors (Lipinski definition) is 1. The van der Waals surface area contributed by atoms with Crippen LogP contribution in [-0.2, 0) is 19.5 Å². The fraction of sp³-hybridized carbons (Fsp3) is 0. The number of nitrogens with zero attached hydrogens (tertiary/aromatic N) is 1. The Morgan fingerprint density at radius 1 is 0.941 bits per heavy atom. The van der Waals surface area contributed by atoms with E-state index in [0.717, 1.165) is 11.1 Å². The number of hydrogen-bond acceptors (Lipinski definition) is 3. The fourth-order valence-corrected chi connectivity index (χ4v) is 1.64. The van der Waals surface area contributed by atoms with Gasteiger partial charge in [-0.3, -0.25) is 0 Å². The number of aromatic nitrogens is 1. The molecule has 0 aliphatic rings. The molecule has 0 fully saturated rings. The van der Waals surface area contributed by atoms with Gasteiger partial charge >= 0.3 is 0 Å². The van der Waals surface area contributed by atoms with Crippen LogP contribution in [0, 0.1) is 0 Å². The molecule has 3 aromatic rings. The van der Waals surface area contributed by atoms with Crippen LogP contribution < -0.4 is 0 Å². The van der Waals surface area contributed by atoms with Gasteiger partial charge < -0.3 is 9.52 Å². The van der Waals surface area contributed by atoms with Gasteiger partial charge in [0.15, 0.2) is 5.58 Å². The summed E-state index contributed by atoms with van der Waals surface area (Å²) < 4.78 is 5.56. The van der Waals surface area contributed by atoms with Crippen molar-refractivity contribution >= 4 is 11.1 Å². The summed E-state index contributed by atoms with van der Waals surface area (Å²) in [6, 6.07) is 14.5. The largest absolute Gasteiger partial charge is 0.507 e. The molecule has 2 aromatic carbocycles. The van der Waals surface area contributed by atoms with Crippen molar-refractivity contribution in [2.24, 2.45) is 0 Å². The van der Waals surface area contributed by atoms with Gasteiger partial charge in [-0.05, 0) is 24.3 Å². The number of rotatable bonds is 1. The van der Waals surface area contributed by atoms with Crippen molar-refractivity contribution in [1.82, 2.24) is 4.98 Å². The van der Waals surface area contributed by atoms with Crippen molar-refractivity contribution in [1.29, 1.82) is 0 Å². The third-order valence-corrected chi connectivity index (χ3v) is 2.43. The van der Waals surface area contributed by atoms with Crippen molar-refractivity contribution in [3.8, 4) is 17.2 Å². The van der Waals surface area contributed by atoms with E-state index in [0.29, 0.717) is 11.5 Å². The molecule has 0 aliphatic heterocycles. The van der Waals surface area contributed by atoms with E-state index in [2.05, 4.69) is 4.98 Å². The first-order chi connectivity index (χ1) is 7.84. The Balaban J connectivity index is 0.00000108. The summed E-state index contributed by atoms with van der Waals surface area (Å²) in [6.45, 7) is 0. The van der Waals surface area contributed by atoms with E-state index in [1.165, 1.54) is 0 Å². The van der Waals surface area contributed by atoms with Crippen LogP contribution in [0.3, 0.4) is 0 Å². The summed E-state index contributed by atoms with van der Waals surface area (Å²) >= 11 is 0. The van der Waals surface area contributed by atoms with Gasteiger partial charge in [0.2, 0.25) is 5.89 Å². The van der Waals surface area contributed by atoms with Crippen LogP contribution in [0.15, 0.2) is 52.9 Å². The minimum absolute atomic E-state index is 0. The van der Waals surface area contributed by atoms with Gasteiger partial charge in [0.25, 0.3) is 0 Å². The molecular formula is C13H9NO2Zn. The minimum atomic E-state index is 0. The van der Waals surface area contributed by atoms with Crippen LogP contribution in [-0.4, -0.2) is 10.1 Å². The Kier molecular flexibility index (Phi) is 3.25. The van der Waals surface area contributed by atoms with Crippen molar-refractivity contribution in [3.63, 3.8) is 0 Å². The third-order valence-electron chi connectivity index (χ3n) is 2.43. The molecule has 1 N–H and O–H groups in total. The zero-order valence-electron chi connectivity index (χ0n) is 9.13. The molecule has 0 bridgehead atoms. The van der Waals surface area contributed by atoms with Crippen LogP contribution in [0.4, 0.5) is 0 Å². The van der Waals surface area contributed by atoms with E-state index < -0.39 is 0 Å². The quantitative estimate of drug-likeness (QED) is 0.694. The fourth-order valence-electron chi connectivity index (χ4n) is 1.64. The van der Waals surface area contributed by atoms with Crippen molar-refractivity contribution in [3.05, 3.63) is 48.5 Å². The predicted octanol–water partition coefficient (Wildman–Crippen LogP) is 3.20. The summed E-state index contributed by atoms with van der Waals surface area (Å²) in [4.78, 5) is 4.32. The number of oxazole rings is 1. The van der Waals surface area contributed by atoms with Gasteiger partial charge in [0.05, 0.1) is 5.56 Å². The first-order valence-corrected chi connectivity index (χ1v) is 4.98. The molecule has 0 radical (unpaired) electrons. The smallest absolute Gasteiger partial charge is 0.231 e. The molecule has 0 atom stereocenters. The van der Waals surface area contributed by atoms with E-state index in [9.17, 15) is 5.11 Å². The normalized spacial score (nSPS) is 10.1. The molecular weight excluding hydrogens is 268 g/mol. The Morgan fingerprint density at radius 3 is 2.41 bits per heavy atom. The maximum absolute atomic E-state index is 9.69. The SMILES string of the molecule is Oc1ccccc1-c1nc2ccccc2o1.[Zn].